The first-order valence-corrected chi connectivity index (χ1v) is 7.77. The maximum atomic E-state index is 9.25. The molecule has 23 heavy (non-hydrogen) atoms. The zero-order valence-corrected chi connectivity index (χ0v) is 14.7. The Bertz CT molecular complexity index is 590. The molecule has 0 amide bonds. The molecule has 2 rings (SSSR count). The first kappa shape index (κ1) is 18.9. The number of phenolic OH excluding ortho intramolecular Hbond substituents is 3. The zero-order chi connectivity index (χ0) is 17.7. The van der Waals surface area contributed by atoms with Crippen molar-refractivity contribution in [2.24, 2.45) is 5.41 Å². The fourth-order valence-corrected chi connectivity index (χ4v) is 2.83. The van der Waals surface area contributed by atoms with Gasteiger partial charge in [0.2, 0.25) is 0 Å². The van der Waals surface area contributed by atoms with Crippen LogP contribution < -0.4 is 0 Å². The summed E-state index contributed by atoms with van der Waals surface area (Å²) in [6, 6.07) is 13.4. The van der Waals surface area contributed by atoms with Crippen molar-refractivity contribution < 1.29 is 15.3 Å². The Kier molecular flexibility index (Phi) is 6.08. The van der Waals surface area contributed by atoms with Gasteiger partial charge in [-0.2, -0.15) is 0 Å². The highest BCUT2D eigenvalue weighted by Gasteiger charge is 2.26. The predicted octanol–water partition coefficient (Wildman–Crippen LogP) is 5.20. The number of phenols is 3. The summed E-state index contributed by atoms with van der Waals surface area (Å²) in [5.41, 5.74) is 1.77. The second kappa shape index (κ2) is 7.40. The summed E-state index contributed by atoms with van der Waals surface area (Å²) < 4.78 is 0. The van der Waals surface area contributed by atoms with Gasteiger partial charge in [0.25, 0.3) is 0 Å². The minimum atomic E-state index is 0.0880. The van der Waals surface area contributed by atoms with Crippen LogP contribution in [0.3, 0.4) is 0 Å². The fraction of sp³-hybridized carbons (Fsp3) is 0.400. The molecule has 0 atom stereocenters. The van der Waals surface area contributed by atoms with Crippen molar-refractivity contribution >= 4 is 0 Å². The molecular formula is C20H28O3. The van der Waals surface area contributed by atoms with Gasteiger partial charge in [-0.1, -0.05) is 52.8 Å². The molecule has 0 unspecified atom stereocenters. The van der Waals surface area contributed by atoms with Gasteiger partial charge >= 0.3 is 0 Å². The molecule has 0 saturated heterocycles. The summed E-state index contributed by atoms with van der Waals surface area (Å²) in [4.78, 5) is 0. The Hall–Kier alpha value is -2.16. The summed E-state index contributed by atoms with van der Waals surface area (Å²) >= 11 is 0. The lowest BCUT2D eigenvalue weighted by molar-refractivity contribution is 0.284. The van der Waals surface area contributed by atoms with Crippen LogP contribution in [0, 0.1) is 5.41 Å². The van der Waals surface area contributed by atoms with E-state index in [-0.39, 0.29) is 16.9 Å². The van der Waals surface area contributed by atoms with E-state index in [1.807, 2.05) is 12.1 Å². The molecule has 0 aliphatic carbocycles. The van der Waals surface area contributed by atoms with Crippen LogP contribution in [0.4, 0.5) is 0 Å². The van der Waals surface area contributed by atoms with E-state index in [2.05, 4.69) is 34.6 Å². The highest BCUT2D eigenvalue weighted by Crippen LogP contribution is 2.36. The standard InChI is InChI=1S/C14H22O.C6H6O2/c1-13(2,3)10-14(4,5)11-6-8-12(15)9-7-11;7-5-2-1-3-6(8)4-5/h6-9,15H,10H2,1-5H3;1-4,7-8H. The Morgan fingerprint density at radius 3 is 1.52 bits per heavy atom. The average molecular weight is 316 g/mol. The highest BCUT2D eigenvalue weighted by atomic mass is 16.3. The summed E-state index contributed by atoms with van der Waals surface area (Å²) in [5, 5.41) is 26.6. The van der Waals surface area contributed by atoms with Crippen LogP contribution in [-0.2, 0) is 5.41 Å². The lowest BCUT2D eigenvalue weighted by atomic mass is 9.72. The van der Waals surface area contributed by atoms with Crippen molar-refractivity contribution in [3.05, 3.63) is 54.1 Å². The van der Waals surface area contributed by atoms with Gasteiger partial charge in [0.1, 0.15) is 17.2 Å². The van der Waals surface area contributed by atoms with Gasteiger partial charge in [0, 0.05) is 6.07 Å². The smallest absolute Gasteiger partial charge is 0.119 e. The second-order valence-corrected chi connectivity index (χ2v) is 7.69. The molecule has 0 aromatic heterocycles. The van der Waals surface area contributed by atoms with E-state index in [0.29, 0.717) is 11.2 Å². The minimum absolute atomic E-state index is 0.0880. The minimum Gasteiger partial charge on any atom is -0.508 e. The highest BCUT2D eigenvalue weighted by molar-refractivity contribution is 5.31. The average Bonchev–Trinajstić information content (AvgIpc) is 2.36. The largest absolute Gasteiger partial charge is 0.508 e. The summed E-state index contributed by atoms with van der Waals surface area (Å²) in [6.45, 7) is 11.3. The molecule has 3 N–H and O–H groups in total. The van der Waals surface area contributed by atoms with E-state index < -0.39 is 0 Å². The quantitative estimate of drug-likeness (QED) is 0.713. The third-order valence-corrected chi connectivity index (χ3v) is 3.45. The molecule has 0 bridgehead atoms. The molecular weight excluding hydrogens is 288 g/mol. The maximum Gasteiger partial charge on any atom is 0.119 e. The van der Waals surface area contributed by atoms with Crippen molar-refractivity contribution in [3.8, 4) is 17.2 Å². The van der Waals surface area contributed by atoms with E-state index in [4.69, 9.17) is 10.2 Å². The molecule has 2 aromatic rings. The van der Waals surface area contributed by atoms with Gasteiger partial charge in [-0.05, 0) is 47.1 Å². The van der Waals surface area contributed by atoms with Crippen molar-refractivity contribution in [3.63, 3.8) is 0 Å². The Morgan fingerprint density at radius 1 is 0.696 bits per heavy atom. The van der Waals surface area contributed by atoms with Crippen LogP contribution in [0.15, 0.2) is 48.5 Å². The van der Waals surface area contributed by atoms with E-state index in [1.54, 1.807) is 18.2 Å². The van der Waals surface area contributed by atoms with E-state index in [1.165, 1.54) is 23.8 Å². The number of aromatic hydroxyl groups is 3. The van der Waals surface area contributed by atoms with E-state index in [9.17, 15) is 5.11 Å². The monoisotopic (exact) mass is 316 g/mol. The number of hydrogen-bond donors (Lipinski definition) is 3. The molecule has 0 aliphatic rings. The Morgan fingerprint density at radius 2 is 1.17 bits per heavy atom. The first-order valence-electron chi connectivity index (χ1n) is 7.77. The molecule has 0 aliphatic heterocycles. The van der Waals surface area contributed by atoms with Crippen molar-refractivity contribution in [2.75, 3.05) is 0 Å². The molecule has 3 heteroatoms. The molecule has 2 aromatic carbocycles. The topological polar surface area (TPSA) is 60.7 Å². The number of benzene rings is 2. The normalized spacial score (nSPS) is 11.5. The summed E-state index contributed by atoms with van der Waals surface area (Å²) in [5.74, 6) is 0.514. The van der Waals surface area contributed by atoms with Crippen molar-refractivity contribution in [1.82, 2.24) is 0 Å². The van der Waals surface area contributed by atoms with E-state index in [0.717, 1.165) is 6.42 Å². The van der Waals surface area contributed by atoms with Gasteiger partial charge < -0.3 is 15.3 Å². The Labute approximate surface area is 139 Å². The van der Waals surface area contributed by atoms with Crippen LogP contribution in [0.1, 0.15) is 46.6 Å². The van der Waals surface area contributed by atoms with Crippen molar-refractivity contribution in [2.45, 2.75) is 46.5 Å². The van der Waals surface area contributed by atoms with Crippen LogP contribution >= 0.6 is 0 Å². The lowest BCUT2D eigenvalue weighted by Crippen LogP contribution is -2.24. The van der Waals surface area contributed by atoms with Gasteiger partial charge in [-0.15, -0.1) is 0 Å². The van der Waals surface area contributed by atoms with Gasteiger partial charge in [0.15, 0.2) is 0 Å². The van der Waals surface area contributed by atoms with Crippen LogP contribution in [0.5, 0.6) is 17.2 Å². The molecule has 0 heterocycles. The summed E-state index contributed by atoms with van der Waals surface area (Å²) in [7, 11) is 0. The number of hydrogen-bond acceptors (Lipinski definition) is 3. The van der Waals surface area contributed by atoms with Gasteiger partial charge in [-0.3, -0.25) is 0 Å². The maximum absolute atomic E-state index is 9.25. The zero-order valence-electron chi connectivity index (χ0n) is 14.7. The number of rotatable bonds is 2. The molecule has 0 saturated carbocycles. The van der Waals surface area contributed by atoms with Gasteiger partial charge in [0.05, 0.1) is 0 Å². The summed E-state index contributed by atoms with van der Waals surface area (Å²) in [6.07, 6.45) is 1.13. The third kappa shape index (κ3) is 7.09. The second-order valence-electron chi connectivity index (χ2n) is 7.69. The third-order valence-electron chi connectivity index (χ3n) is 3.45. The van der Waals surface area contributed by atoms with Crippen LogP contribution in [-0.4, -0.2) is 15.3 Å². The predicted molar refractivity (Wildman–Crippen MR) is 95.0 cm³/mol. The molecule has 126 valence electrons. The van der Waals surface area contributed by atoms with Crippen molar-refractivity contribution in [1.29, 1.82) is 0 Å². The molecule has 0 radical (unpaired) electrons. The molecule has 0 fully saturated rings. The fourth-order valence-electron chi connectivity index (χ4n) is 2.83. The Balaban J connectivity index is 0.000000277. The lowest BCUT2D eigenvalue weighted by Gasteiger charge is -2.33. The molecule has 3 nitrogen and oxygen atoms in total. The van der Waals surface area contributed by atoms with Crippen LogP contribution in [0.2, 0.25) is 0 Å². The van der Waals surface area contributed by atoms with Gasteiger partial charge in [-0.25, -0.2) is 0 Å². The SMILES string of the molecule is CC(C)(C)CC(C)(C)c1ccc(O)cc1.Oc1cccc(O)c1. The van der Waals surface area contributed by atoms with E-state index >= 15 is 0 Å². The first-order chi connectivity index (χ1) is 10.5. The van der Waals surface area contributed by atoms with Crippen LogP contribution in [0.25, 0.3) is 0 Å². The molecule has 0 spiro atoms.